The number of phenols is 1. The van der Waals surface area contributed by atoms with E-state index in [9.17, 15) is 34.2 Å². The van der Waals surface area contributed by atoms with Crippen LogP contribution in [0.3, 0.4) is 0 Å². The summed E-state index contributed by atoms with van der Waals surface area (Å²) < 4.78 is 5.70. The van der Waals surface area contributed by atoms with Gasteiger partial charge in [-0.3, -0.25) is 33.8 Å². The molecule has 1 aromatic carbocycles. The second-order valence-electron chi connectivity index (χ2n) is 11.2. The first-order chi connectivity index (χ1) is 17.7. The van der Waals surface area contributed by atoms with Crippen molar-refractivity contribution in [3.05, 3.63) is 22.8 Å². The highest BCUT2D eigenvalue weighted by Crippen LogP contribution is 2.52. The molecule has 11 nitrogen and oxygen atoms in total. The van der Waals surface area contributed by atoms with Crippen molar-refractivity contribution in [1.29, 1.82) is 0 Å². The number of aliphatic hydroxyl groups is 1. The van der Waals surface area contributed by atoms with E-state index in [1.807, 2.05) is 25.8 Å². The number of phenolic OH excluding ortho intramolecular Hbond substituents is 1. The van der Waals surface area contributed by atoms with Gasteiger partial charge in [0.1, 0.15) is 11.5 Å². The first kappa shape index (κ1) is 27.9. The Labute approximate surface area is 220 Å². The summed E-state index contributed by atoms with van der Waals surface area (Å²) in [5, 5.41) is 22.5. The minimum Gasteiger partial charge on any atom is -0.507 e. The van der Waals surface area contributed by atoms with E-state index in [2.05, 4.69) is 0 Å². The lowest BCUT2D eigenvalue weighted by Gasteiger charge is -2.52. The highest BCUT2D eigenvalue weighted by atomic mass is 16.5. The van der Waals surface area contributed by atoms with E-state index < -0.39 is 64.4 Å². The Morgan fingerprint density at radius 2 is 1.82 bits per heavy atom. The summed E-state index contributed by atoms with van der Waals surface area (Å²) >= 11 is 0. The third kappa shape index (κ3) is 3.87. The topological polar surface area (TPSA) is 168 Å². The van der Waals surface area contributed by atoms with Crippen molar-refractivity contribution in [1.82, 2.24) is 9.80 Å². The maximum absolute atomic E-state index is 13.8. The van der Waals surface area contributed by atoms with Crippen LogP contribution in [-0.4, -0.2) is 95.0 Å². The number of ketones is 4. The van der Waals surface area contributed by atoms with Gasteiger partial charge in [0.15, 0.2) is 34.7 Å². The molecular formula is C27H35N3O8. The number of aromatic hydroxyl groups is 1. The van der Waals surface area contributed by atoms with E-state index in [-0.39, 0.29) is 30.2 Å². The van der Waals surface area contributed by atoms with Crippen molar-refractivity contribution >= 4 is 29.0 Å². The zero-order chi connectivity index (χ0) is 28.4. The lowest BCUT2D eigenvalue weighted by atomic mass is 9.52. The van der Waals surface area contributed by atoms with Gasteiger partial charge < -0.3 is 20.7 Å². The molecule has 206 valence electrons. The quantitative estimate of drug-likeness (QED) is 0.417. The molecule has 2 fully saturated rings. The summed E-state index contributed by atoms with van der Waals surface area (Å²) in [7, 11) is 6.48. The first-order valence-corrected chi connectivity index (χ1v) is 12.6. The van der Waals surface area contributed by atoms with Crippen molar-refractivity contribution in [2.75, 3.05) is 28.3 Å². The Bertz CT molecular complexity index is 1240. The molecule has 3 aliphatic rings. The van der Waals surface area contributed by atoms with Gasteiger partial charge in [0.2, 0.25) is 5.91 Å². The molecular weight excluding hydrogens is 494 g/mol. The Hall–Kier alpha value is -3.15. The summed E-state index contributed by atoms with van der Waals surface area (Å²) in [6, 6.07) is 0.499. The van der Waals surface area contributed by atoms with Gasteiger partial charge in [-0.25, -0.2) is 0 Å². The van der Waals surface area contributed by atoms with Gasteiger partial charge in [0, 0.05) is 29.6 Å². The summed E-state index contributed by atoms with van der Waals surface area (Å²) in [5.74, 6) is -10.3. The van der Waals surface area contributed by atoms with E-state index in [0.717, 1.165) is 0 Å². The number of primary amides is 1. The van der Waals surface area contributed by atoms with Crippen LogP contribution in [0.1, 0.15) is 41.8 Å². The number of likely N-dealkylation sites (N-methyl/N-ethyl adjacent to an activating group) is 1. The fourth-order valence-corrected chi connectivity index (χ4v) is 6.54. The number of benzene rings is 1. The van der Waals surface area contributed by atoms with Gasteiger partial charge in [0.05, 0.1) is 24.6 Å². The molecule has 1 aromatic rings. The zero-order valence-electron chi connectivity index (χ0n) is 22.5. The molecule has 38 heavy (non-hydrogen) atoms. The molecule has 0 aliphatic heterocycles. The van der Waals surface area contributed by atoms with Crippen LogP contribution in [0.25, 0.3) is 0 Å². The molecule has 2 saturated carbocycles. The number of amides is 1. The first-order valence-electron chi connectivity index (χ1n) is 12.6. The molecule has 6 atom stereocenters. The number of hydrogen-bond donors (Lipinski definition) is 3. The number of methoxy groups -OCH3 is 1. The molecule has 0 spiro atoms. The van der Waals surface area contributed by atoms with Crippen LogP contribution in [0.2, 0.25) is 0 Å². The van der Waals surface area contributed by atoms with E-state index in [1.165, 1.54) is 18.1 Å². The van der Waals surface area contributed by atoms with Crippen molar-refractivity contribution in [2.45, 2.75) is 50.9 Å². The highest BCUT2D eigenvalue weighted by Gasteiger charge is 2.69. The summed E-state index contributed by atoms with van der Waals surface area (Å²) in [6.45, 7) is 4.47. The number of hydrogen-bond acceptors (Lipinski definition) is 10. The Balaban J connectivity index is 1.85. The van der Waals surface area contributed by atoms with Crippen LogP contribution < -0.4 is 10.5 Å². The van der Waals surface area contributed by atoms with Gasteiger partial charge in [-0.15, -0.1) is 0 Å². The lowest BCUT2D eigenvalue weighted by Crippen LogP contribution is -2.74. The largest absolute Gasteiger partial charge is 0.507 e. The van der Waals surface area contributed by atoms with E-state index >= 15 is 0 Å². The van der Waals surface area contributed by atoms with Crippen LogP contribution in [0.4, 0.5) is 0 Å². The third-order valence-electron chi connectivity index (χ3n) is 8.59. The Morgan fingerprint density at radius 1 is 1.18 bits per heavy atom. The Kier molecular flexibility index (Phi) is 7.00. The van der Waals surface area contributed by atoms with Crippen LogP contribution in [-0.2, 0) is 32.1 Å². The number of carbonyl (C=O) groups is 5. The maximum Gasteiger partial charge on any atom is 0.235 e. The molecule has 0 heterocycles. The minimum absolute atomic E-state index is 0.00998. The molecule has 4 rings (SSSR count). The molecule has 11 heteroatoms. The standard InChI is InChI=1S/C27H35N3O8/c1-11(2)30(5)10-13-9-16(31)18-14(23(13)38-6)7-12-8-15-20(29(3)4)22(33)19(26(28)36)25(35)27(15,37)24(34)17(12)21(18)32/h9,11-12,15,17,19-20,31,37H,7-8,10H2,1-6H3,(H2,28,36)/t12-,15-,17?,19?,20-,27-/m0/s1. The number of ether oxygens (including phenoxy) is 1. The minimum atomic E-state index is -2.74. The fourth-order valence-electron chi connectivity index (χ4n) is 6.54. The van der Waals surface area contributed by atoms with E-state index in [0.29, 0.717) is 23.4 Å². The van der Waals surface area contributed by atoms with Crippen molar-refractivity contribution in [2.24, 2.45) is 29.4 Å². The molecule has 1 amide bonds. The predicted octanol–water partition coefficient (Wildman–Crippen LogP) is -0.284. The van der Waals surface area contributed by atoms with Crippen LogP contribution in [0.15, 0.2) is 6.07 Å². The van der Waals surface area contributed by atoms with E-state index in [1.54, 1.807) is 14.1 Å². The average molecular weight is 530 g/mol. The van der Waals surface area contributed by atoms with Crippen molar-refractivity contribution < 1.29 is 38.9 Å². The van der Waals surface area contributed by atoms with Crippen LogP contribution >= 0.6 is 0 Å². The summed E-state index contributed by atoms with van der Waals surface area (Å²) in [4.78, 5) is 69.7. The SMILES string of the molecule is COc1c(CN(C)C(C)C)cc(O)c2c1C[C@H]1C[C@H]3[C@H](N(C)C)C(=O)C(C(N)=O)C(=O)[C@@]3(O)C(=O)C1C2=O. The van der Waals surface area contributed by atoms with Gasteiger partial charge in [-0.1, -0.05) is 0 Å². The number of Topliss-reactive ketones (excluding diaryl/α,β-unsaturated/α-hetero) is 4. The monoisotopic (exact) mass is 529 g/mol. The molecule has 0 bridgehead atoms. The smallest absolute Gasteiger partial charge is 0.235 e. The number of nitrogens with two attached hydrogens (primary N) is 1. The third-order valence-corrected chi connectivity index (χ3v) is 8.59. The van der Waals surface area contributed by atoms with Gasteiger partial charge >= 0.3 is 0 Å². The van der Waals surface area contributed by atoms with Gasteiger partial charge in [-0.2, -0.15) is 0 Å². The normalized spacial score (nSPS) is 30.9. The van der Waals surface area contributed by atoms with Crippen LogP contribution in [0.5, 0.6) is 11.5 Å². The predicted molar refractivity (Wildman–Crippen MR) is 135 cm³/mol. The van der Waals surface area contributed by atoms with Crippen molar-refractivity contribution in [3.8, 4) is 11.5 Å². The molecule has 0 aromatic heterocycles. The maximum atomic E-state index is 13.8. The highest BCUT2D eigenvalue weighted by molar-refractivity contribution is 6.32. The number of fused-ring (bicyclic) bond motifs is 3. The second kappa shape index (κ2) is 9.55. The average Bonchev–Trinajstić information content (AvgIpc) is 2.80. The number of nitrogens with zero attached hydrogens (tertiary/aromatic N) is 2. The Morgan fingerprint density at radius 3 is 2.34 bits per heavy atom. The summed E-state index contributed by atoms with van der Waals surface area (Å²) in [6.07, 6.45) is 0.145. The molecule has 3 aliphatic carbocycles. The molecule has 0 saturated heterocycles. The van der Waals surface area contributed by atoms with Gasteiger partial charge in [-0.05, 0) is 59.8 Å². The number of carbonyl (C=O) groups excluding carboxylic acids is 5. The molecule has 0 radical (unpaired) electrons. The zero-order valence-corrected chi connectivity index (χ0v) is 22.5. The van der Waals surface area contributed by atoms with E-state index in [4.69, 9.17) is 10.5 Å². The fraction of sp³-hybridized carbons (Fsp3) is 0.593. The number of rotatable bonds is 6. The summed E-state index contributed by atoms with van der Waals surface area (Å²) in [5.41, 5.74) is 3.64. The lowest BCUT2D eigenvalue weighted by molar-refractivity contribution is -0.181. The van der Waals surface area contributed by atoms with Gasteiger partial charge in [0.25, 0.3) is 0 Å². The molecule has 2 unspecified atom stereocenters. The van der Waals surface area contributed by atoms with Crippen LogP contribution in [0, 0.1) is 23.7 Å². The second-order valence-corrected chi connectivity index (χ2v) is 11.2. The van der Waals surface area contributed by atoms with Crippen molar-refractivity contribution in [3.63, 3.8) is 0 Å². The molecule has 4 N–H and O–H groups in total.